The van der Waals surface area contributed by atoms with Gasteiger partial charge in [-0.05, 0) is 99.7 Å². The van der Waals surface area contributed by atoms with Crippen molar-refractivity contribution >= 4 is 0 Å². The summed E-state index contributed by atoms with van der Waals surface area (Å²) in [6.45, 7) is 2.10. The maximum atomic E-state index is 12.3. The Kier molecular flexibility index (Phi) is 8.85. The fraction of sp³-hybridized carbons (Fsp3) is 0.600. The van der Waals surface area contributed by atoms with Crippen LogP contribution in [-0.4, -0.2) is 6.36 Å². The third kappa shape index (κ3) is 7.56. The molecule has 0 N–H and O–H groups in total. The van der Waals surface area contributed by atoms with Gasteiger partial charge in [0.15, 0.2) is 0 Å². The average Bonchev–Trinajstić information content (AvgIpc) is 2.68. The van der Waals surface area contributed by atoms with Crippen LogP contribution in [0.3, 0.4) is 0 Å². The Morgan fingerprint density at radius 3 is 1.69 bits per heavy atom. The highest BCUT2D eigenvalue weighted by molar-refractivity contribution is 5.30. The first-order chi connectivity index (χ1) is 13.4. The SMILES string of the molecule is C.C/C=C/C1CCC(/C=C/C2CCC(c3ccc(OC(F)(F)F)cc3)CC2)CC1.[HH].[HH]. The molecule has 0 unspecified atom stereocenters. The fourth-order valence-corrected chi connectivity index (χ4v) is 4.70. The van der Waals surface area contributed by atoms with Crippen molar-refractivity contribution in [2.24, 2.45) is 17.8 Å². The lowest BCUT2D eigenvalue weighted by atomic mass is 9.77. The molecule has 0 amide bonds. The van der Waals surface area contributed by atoms with E-state index in [1.165, 1.54) is 37.8 Å². The maximum absolute atomic E-state index is 12.3. The maximum Gasteiger partial charge on any atom is 0.573 e. The van der Waals surface area contributed by atoms with Gasteiger partial charge in [-0.25, -0.2) is 0 Å². The van der Waals surface area contributed by atoms with Crippen LogP contribution in [-0.2, 0) is 0 Å². The number of halogens is 3. The van der Waals surface area contributed by atoms with Crippen molar-refractivity contribution in [3.05, 3.63) is 54.1 Å². The Labute approximate surface area is 177 Å². The molecule has 2 aliphatic carbocycles. The Morgan fingerprint density at radius 1 is 0.793 bits per heavy atom. The van der Waals surface area contributed by atoms with Crippen LogP contribution in [0.1, 0.15) is 80.1 Å². The second-order valence-corrected chi connectivity index (χ2v) is 8.31. The Morgan fingerprint density at radius 2 is 1.24 bits per heavy atom. The topological polar surface area (TPSA) is 9.23 Å². The van der Waals surface area contributed by atoms with Crippen molar-refractivity contribution < 1.29 is 20.8 Å². The minimum Gasteiger partial charge on any atom is -0.406 e. The predicted molar refractivity (Wildman–Crippen MR) is 118 cm³/mol. The molecule has 166 valence electrons. The van der Waals surface area contributed by atoms with Crippen LogP contribution in [0.5, 0.6) is 5.75 Å². The molecule has 4 heteroatoms. The summed E-state index contributed by atoms with van der Waals surface area (Å²) in [5.41, 5.74) is 1.12. The van der Waals surface area contributed by atoms with Gasteiger partial charge in [0.1, 0.15) is 5.75 Å². The highest BCUT2D eigenvalue weighted by atomic mass is 19.4. The molecule has 1 aromatic carbocycles. The number of benzene rings is 1. The van der Waals surface area contributed by atoms with Gasteiger partial charge in [0.2, 0.25) is 0 Å². The quantitative estimate of drug-likeness (QED) is 0.439. The number of hydrogen-bond donors (Lipinski definition) is 0. The van der Waals surface area contributed by atoms with Gasteiger partial charge in [-0.3, -0.25) is 0 Å². The fourth-order valence-electron chi connectivity index (χ4n) is 4.70. The Hall–Kier alpha value is -1.71. The summed E-state index contributed by atoms with van der Waals surface area (Å²) in [7, 11) is 0. The second-order valence-electron chi connectivity index (χ2n) is 8.31. The molecule has 2 saturated carbocycles. The molecule has 1 aromatic rings. The van der Waals surface area contributed by atoms with Gasteiger partial charge in [0.25, 0.3) is 0 Å². The molecule has 0 radical (unpaired) electrons. The van der Waals surface area contributed by atoms with E-state index in [0.717, 1.165) is 43.1 Å². The molecular weight excluding hydrogens is 373 g/mol. The van der Waals surface area contributed by atoms with E-state index >= 15 is 0 Å². The lowest BCUT2D eigenvalue weighted by Crippen LogP contribution is -2.17. The van der Waals surface area contributed by atoms with Gasteiger partial charge >= 0.3 is 6.36 Å². The van der Waals surface area contributed by atoms with Gasteiger partial charge in [-0.1, -0.05) is 43.9 Å². The molecule has 1 nitrogen and oxygen atoms in total. The summed E-state index contributed by atoms with van der Waals surface area (Å²) < 4.78 is 40.8. The Balaban J connectivity index is 0.00000300. The number of ether oxygens (including phenoxy) is 1. The molecule has 2 aliphatic rings. The van der Waals surface area contributed by atoms with Crippen molar-refractivity contribution in [2.75, 3.05) is 0 Å². The zero-order chi connectivity index (χ0) is 20.0. The van der Waals surface area contributed by atoms with Gasteiger partial charge in [-0.2, -0.15) is 0 Å². The molecule has 0 saturated heterocycles. The highest BCUT2D eigenvalue weighted by Gasteiger charge is 2.31. The summed E-state index contributed by atoms with van der Waals surface area (Å²) in [5.74, 6) is 2.47. The number of alkyl halides is 3. The molecular formula is C25H39F3O. The molecule has 29 heavy (non-hydrogen) atoms. The van der Waals surface area contributed by atoms with E-state index in [-0.39, 0.29) is 16.0 Å². The highest BCUT2D eigenvalue weighted by Crippen LogP contribution is 2.38. The third-order valence-electron chi connectivity index (χ3n) is 6.29. The number of allylic oxidation sites excluding steroid dienone is 4. The monoisotopic (exact) mass is 412 g/mol. The van der Waals surface area contributed by atoms with Crippen LogP contribution in [0, 0.1) is 17.8 Å². The van der Waals surface area contributed by atoms with E-state index in [4.69, 9.17) is 0 Å². The van der Waals surface area contributed by atoms with Crippen molar-refractivity contribution in [3.8, 4) is 5.75 Å². The molecule has 0 aliphatic heterocycles. The predicted octanol–water partition coefficient (Wildman–Crippen LogP) is 8.93. The first-order valence-corrected chi connectivity index (χ1v) is 10.6. The summed E-state index contributed by atoms with van der Waals surface area (Å²) >= 11 is 0. The third-order valence-corrected chi connectivity index (χ3v) is 6.29. The minimum atomic E-state index is -4.63. The molecule has 0 bridgehead atoms. The van der Waals surface area contributed by atoms with Crippen molar-refractivity contribution in [2.45, 2.75) is 78.0 Å². The smallest absolute Gasteiger partial charge is 0.406 e. The van der Waals surface area contributed by atoms with Gasteiger partial charge < -0.3 is 4.74 Å². The van der Waals surface area contributed by atoms with E-state index in [0.29, 0.717) is 11.8 Å². The molecule has 0 aromatic heterocycles. The van der Waals surface area contributed by atoms with Gasteiger partial charge in [0.05, 0.1) is 0 Å². The first-order valence-electron chi connectivity index (χ1n) is 10.6. The largest absolute Gasteiger partial charge is 0.573 e. The van der Waals surface area contributed by atoms with Gasteiger partial charge in [-0.15, -0.1) is 13.2 Å². The van der Waals surface area contributed by atoms with E-state index in [1.807, 2.05) is 0 Å². The zero-order valence-corrected chi connectivity index (χ0v) is 16.6. The molecule has 0 atom stereocenters. The van der Waals surface area contributed by atoms with Crippen LogP contribution in [0.25, 0.3) is 0 Å². The average molecular weight is 413 g/mol. The molecule has 0 heterocycles. The van der Waals surface area contributed by atoms with E-state index in [1.54, 1.807) is 12.1 Å². The molecule has 2 fully saturated rings. The van der Waals surface area contributed by atoms with Crippen LogP contribution >= 0.6 is 0 Å². The zero-order valence-electron chi connectivity index (χ0n) is 16.6. The van der Waals surface area contributed by atoms with Crippen LogP contribution in [0.4, 0.5) is 13.2 Å². The van der Waals surface area contributed by atoms with E-state index in [2.05, 4.69) is 36.0 Å². The standard InChI is InChI=1S/C24H31F3O.CH4.2H2/c1-2-3-18-4-6-19(7-5-18)8-9-20-10-12-21(13-11-20)22-14-16-23(17-15-22)28-24(25,26)27;;;/h2-3,8-9,14-21H,4-7,10-13H2,1H3;1H4;2*1H/b3-2+,9-8+;;;. The van der Waals surface area contributed by atoms with Gasteiger partial charge in [0, 0.05) is 2.85 Å². The molecule has 0 spiro atoms. The van der Waals surface area contributed by atoms with Crippen molar-refractivity contribution in [1.82, 2.24) is 0 Å². The lowest BCUT2D eigenvalue weighted by Gasteiger charge is -2.28. The van der Waals surface area contributed by atoms with E-state index < -0.39 is 6.36 Å². The van der Waals surface area contributed by atoms with Crippen LogP contribution in [0.15, 0.2) is 48.6 Å². The number of rotatable bonds is 5. The van der Waals surface area contributed by atoms with Crippen molar-refractivity contribution in [3.63, 3.8) is 0 Å². The van der Waals surface area contributed by atoms with E-state index in [9.17, 15) is 13.2 Å². The number of hydrogen-bond acceptors (Lipinski definition) is 1. The lowest BCUT2D eigenvalue weighted by molar-refractivity contribution is -0.274. The summed E-state index contributed by atoms with van der Waals surface area (Å²) in [4.78, 5) is 0. The summed E-state index contributed by atoms with van der Waals surface area (Å²) in [6, 6.07) is 6.42. The van der Waals surface area contributed by atoms with Crippen LogP contribution < -0.4 is 4.74 Å². The van der Waals surface area contributed by atoms with Crippen molar-refractivity contribution in [1.29, 1.82) is 0 Å². The summed E-state index contributed by atoms with van der Waals surface area (Å²) in [5, 5.41) is 0. The summed E-state index contributed by atoms with van der Waals surface area (Å²) in [6.07, 6.45) is 14.5. The first kappa shape index (κ1) is 23.6. The minimum absolute atomic E-state index is 0. The Bertz CT molecular complexity index is 654. The van der Waals surface area contributed by atoms with Crippen LogP contribution in [0.2, 0.25) is 0 Å². The molecule has 3 rings (SSSR count). The second kappa shape index (κ2) is 10.9. The normalized spacial score (nSPS) is 28.4.